The van der Waals surface area contributed by atoms with E-state index in [0.717, 1.165) is 11.1 Å². The van der Waals surface area contributed by atoms with Gasteiger partial charge in [-0.3, -0.25) is 0 Å². The van der Waals surface area contributed by atoms with Crippen molar-refractivity contribution in [3.63, 3.8) is 0 Å². The maximum atomic E-state index is 15.0. The predicted octanol–water partition coefficient (Wildman–Crippen LogP) is 4.41. The molecule has 144 valence electrons. The molecule has 1 aliphatic rings. The number of hydrogen-bond acceptors (Lipinski definition) is 2. The van der Waals surface area contributed by atoms with Gasteiger partial charge in [0, 0.05) is 18.5 Å². The van der Waals surface area contributed by atoms with Gasteiger partial charge in [0.25, 0.3) is 0 Å². The van der Waals surface area contributed by atoms with E-state index in [-0.39, 0.29) is 24.4 Å². The number of benzene rings is 3. The lowest BCUT2D eigenvalue weighted by atomic mass is 9.69. The van der Waals surface area contributed by atoms with Crippen molar-refractivity contribution < 1.29 is 12.8 Å². The van der Waals surface area contributed by atoms with Crippen LogP contribution in [0.25, 0.3) is 0 Å². The van der Waals surface area contributed by atoms with Crippen LogP contribution in [0.2, 0.25) is 0 Å². The molecular weight excluding hydrogens is 373 g/mol. The number of alkyl halides is 1. The second-order valence-corrected chi connectivity index (χ2v) is 9.16. The smallest absolute Gasteiger partial charge is 0.243 e. The molecule has 1 heterocycles. The molecule has 0 amide bonds. The summed E-state index contributed by atoms with van der Waals surface area (Å²) in [5, 5.41) is 0. The lowest BCUT2D eigenvalue weighted by Crippen LogP contribution is -2.53. The van der Waals surface area contributed by atoms with Crippen LogP contribution in [0.15, 0.2) is 95.9 Å². The number of sulfonamides is 1. The fourth-order valence-corrected chi connectivity index (χ4v) is 5.67. The van der Waals surface area contributed by atoms with Crippen molar-refractivity contribution in [3.8, 4) is 0 Å². The van der Waals surface area contributed by atoms with Crippen molar-refractivity contribution in [1.82, 2.24) is 4.31 Å². The molecule has 0 bridgehead atoms. The van der Waals surface area contributed by atoms with Gasteiger partial charge in [0.1, 0.15) is 6.17 Å². The van der Waals surface area contributed by atoms with Gasteiger partial charge in [0.05, 0.1) is 4.90 Å². The molecule has 1 unspecified atom stereocenters. The van der Waals surface area contributed by atoms with E-state index in [0.29, 0.717) is 0 Å². The van der Waals surface area contributed by atoms with Gasteiger partial charge in [0.15, 0.2) is 0 Å². The predicted molar refractivity (Wildman–Crippen MR) is 108 cm³/mol. The SMILES string of the molecule is O=S(=O)(c1ccccc1)N1CC(F)CC(c2ccccc2)(c2ccccc2)C1. The highest BCUT2D eigenvalue weighted by Crippen LogP contribution is 2.42. The third-order valence-electron chi connectivity index (χ3n) is 5.45. The molecule has 1 fully saturated rings. The summed E-state index contributed by atoms with van der Waals surface area (Å²) in [7, 11) is -3.79. The van der Waals surface area contributed by atoms with Crippen molar-refractivity contribution >= 4 is 10.0 Å². The highest BCUT2D eigenvalue weighted by molar-refractivity contribution is 7.89. The van der Waals surface area contributed by atoms with Gasteiger partial charge in [0.2, 0.25) is 10.0 Å². The average molecular weight is 395 g/mol. The van der Waals surface area contributed by atoms with Crippen LogP contribution < -0.4 is 0 Å². The first kappa shape index (κ1) is 18.8. The molecule has 1 saturated heterocycles. The lowest BCUT2D eigenvalue weighted by molar-refractivity contribution is 0.148. The van der Waals surface area contributed by atoms with E-state index in [2.05, 4.69) is 0 Å². The Morgan fingerprint density at radius 3 is 1.75 bits per heavy atom. The van der Waals surface area contributed by atoms with Crippen LogP contribution in [0.4, 0.5) is 4.39 Å². The van der Waals surface area contributed by atoms with E-state index in [4.69, 9.17) is 0 Å². The number of hydrogen-bond donors (Lipinski definition) is 0. The molecule has 0 spiro atoms. The van der Waals surface area contributed by atoms with Crippen molar-refractivity contribution in [1.29, 1.82) is 0 Å². The summed E-state index contributed by atoms with van der Waals surface area (Å²) in [5.74, 6) is 0. The Bertz CT molecular complexity index is 984. The molecule has 0 aromatic heterocycles. The molecule has 0 N–H and O–H groups in total. The van der Waals surface area contributed by atoms with E-state index in [1.807, 2.05) is 60.7 Å². The molecule has 3 aromatic carbocycles. The van der Waals surface area contributed by atoms with Crippen LogP contribution in [0.5, 0.6) is 0 Å². The fourth-order valence-electron chi connectivity index (χ4n) is 4.12. The quantitative estimate of drug-likeness (QED) is 0.656. The fraction of sp³-hybridized carbons (Fsp3) is 0.217. The van der Waals surface area contributed by atoms with Crippen LogP contribution >= 0.6 is 0 Å². The zero-order chi connectivity index (χ0) is 19.6. The molecule has 3 nitrogen and oxygen atoms in total. The second kappa shape index (κ2) is 7.49. The molecule has 0 radical (unpaired) electrons. The summed E-state index contributed by atoms with van der Waals surface area (Å²) in [4.78, 5) is 0.194. The summed E-state index contributed by atoms with van der Waals surface area (Å²) in [6, 6.07) is 27.6. The second-order valence-electron chi connectivity index (χ2n) is 7.23. The molecule has 4 rings (SSSR count). The highest BCUT2D eigenvalue weighted by atomic mass is 32.2. The normalized spacial score (nSPS) is 20.0. The summed E-state index contributed by atoms with van der Waals surface area (Å²) in [5.41, 5.74) is 1.12. The van der Waals surface area contributed by atoms with Gasteiger partial charge in [-0.25, -0.2) is 12.8 Å². The Hall–Kier alpha value is -2.50. The van der Waals surface area contributed by atoms with Gasteiger partial charge in [-0.15, -0.1) is 0 Å². The van der Waals surface area contributed by atoms with Crippen LogP contribution in [-0.4, -0.2) is 32.0 Å². The lowest BCUT2D eigenvalue weighted by Gasteiger charge is -2.44. The first-order chi connectivity index (χ1) is 13.5. The Morgan fingerprint density at radius 1 is 0.786 bits per heavy atom. The minimum Gasteiger partial charge on any atom is -0.246 e. The monoisotopic (exact) mass is 395 g/mol. The molecule has 0 saturated carbocycles. The average Bonchev–Trinajstić information content (AvgIpc) is 2.75. The van der Waals surface area contributed by atoms with Crippen molar-refractivity contribution in [2.24, 2.45) is 0 Å². The standard InChI is InChI=1S/C23H22FNO2S/c24-21-16-23(19-10-4-1-5-11-19,20-12-6-2-7-13-20)18-25(17-21)28(26,27)22-14-8-3-9-15-22/h1-15,21H,16-18H2. The van der Waals surface area contributed by atoms with Crippen molar-refractivity contribution in [2.45, 2.75) is 22.9 Å². The van der Waals surface area contributed by atoms with E-state index in [9.17, 15) is 8.42 Å². The minimum atomic E-state index is -3.79. The van der Waals surface area contributed by atoms with E-state index < -0.39 is 21.6 Å². The maximum Gasteiger partial charge on any atom is 0.243 e. The molecule has 1 aliphatic heterocycles. The van der Waals surface area contributed by atoms with Crippen LogP contribution in [-0.2, 0) is 15.4 Å². The van der Waals surface area contributed by atoms with Gasteiger partial charge >= 0.3 is 0 Å². The van der Waals surface area contributed by atoms with Crippen LogP contribution in [0.3, 0.4) is 0 Å². The summed E-state index contributed by atoms with van der Waals surface area (Å²) in [6.07, 6.45) is -1.00. The molecule has 0 aliphatic carbocycles. The number of rotatable bonds is 4. The summed E-state index contributed by atoms with van der Waals surface area (Å²) >= 11 is 0. The highest BCUT2D eigenvalue weighted by Gasteiger charge is 2.46. The Morgan fingerprint density at radius 2 is 1.25 bits per heavy atom. The van der Waals surface area contributed by atoms with Gasteiger partial charge in [-0.1, -0.05) is 78.9 Å². The van der Waals surface area contributed by atoms with E-state index in [1.54, 1.807) is 30.3 Å². The topological polar surface area (TPSA) is 37.4 Å². The summed E-state index contributed by atoms with van der Waals surface area (Å²) in [6.45, 7) is 0.0807. The third kappa shape index (κ3) is 3.36. The minimum absolute atomic E-state index is 0.126. The largest absolute Gasteiger partial charge is 0.246 e. The first-order valence-electron chi connectivity index (χ1n) is 9.33. The Balaban J connectivity index is 1.84. The zero-order valence-electron chi connectivity index (χ0n) is 15.4. The van der Waals surface area contributed by atoms with Gasteiger partial charge in [-0.2, -0.15) is 4.31 Å². The molecule has 1 atom stereocenters. The van der Waals surface area contributed by atoms with Gasteiger partial charge < -0.3 is 0 Å². The first-order valence-corrected chi connectivity index (χ1v) is 10.8. The molecule has 5 heteroatoms. The summed E-state index contributed by atoms with van der Waals surface area (Å²) < 4.78 is 42.8. The Labute approximate surface area is 165 Å². The number of halogens is 1. The van der Waals surface area contributed by atoms with Crippen LogP contribution in [0, 0.1) is 0 Å². The Kier molecular flexibility index (Phi) is 5.04. The van der Waals surface area contributed by atoms with E-state index in [1.165, 1.54) is 4.31 Å². The number of piperidine rings is 1. The van der Waals surface area contributed by atoms with Gasteiger partial charge in [-0.05, 0) is 29.7 Å². The molecule has 28 heavy (non-hydrogen) atoms. The zero-order valence-corrected chi connectivity index (χ0v) is 16.2. The maximum absolute atomic E-state index is 15.0. The molecule has 3 aromatic rings. The van der Waals surface area contributed by atoms with E-state index >= 15 is 4.39 Å². The number of nitrogens with zero attached hydrogens (tertiary/aromatic N) is 1. The third-order valence-corrected chi connectivity index (χ3v) is 7.28. The van der Waals surface area contributed by atoms with Crippen LogP contribution in [0.1, 0.15) is 17.5 Å². The van der Waals surface area contributed by atoms with Crippen molar-refractivity contribution in [3.05, 3.63) is 102 Å². The van der Waals surface area contributed by atoms with Crippen molar-refractivity contribution in [2.75, 3.05) is 13.1 Å². The molecular formula is C23H22FNO2S.